The van der Waals surface area contributed by atoms with E-state index in [1.165, 1.54) is 0 Å². The maximum atomic E-state index is 12.1. The molecule has 0 bridgehead atoms. The molecule has 0 radical (unpaired) electrons. The molecule has 1 aliphatic rings. The molecule has 0 atom stereocenters. The molecule has 0 spiro atoms. The Hall–Kier alpha value is -1.40. The third kappa shape index (κ3) is 4.81. The lowest BCUT2D eigenvalue weighted by Gasteiger charge is -2.34. The second kappa shape index (κ2) is 8.29. The molecule has 1 heterocycles. The molecule has 2 amide bonds. The number of carbonyl (C=O) groups excluding carboxylic acids is 2. The number of hydrogen-bond acceptors (Lipinski definition) is 3. The summed E-state index contributed by atoms with van der Waals surface area (Å²) in [5, 5.41) is 2.80. The van der Waals surface area contributed by atoms with Gasteiger partial charge in [-0.25, -0.2) is 0 Å². The minimum Gasteiger partial charge on any atom is -0.352 e. The highest BCUT2D eigenvalue weighted by Gasteiger charge is 2.19. The molecule has 120 valence electrons. The molecule has 1 N–H and O–H groups in total. The van der Waals surface area contributed by atoms with E-state index in [-0.39, 0.29) is 11.8 Å². The van der Waals surface area contributed by atoms with Crippen LogP contribution in [-0.4, -0.2) is 60.9 Å². The van der Waals surface area contributed by atoms with Gasteiger partial charge in [-0.15, -0.1) is 0 Å². The Bertz CT molecular complexity index is 528. The van der Waals surface area contributed by atoms with E-state index in [1.807, 2.05) is 17.0 Å². The monoisotopic (exact) mass is 367 g/mol. The first-order valence-electron chi connectivity index (χ1n) is 7.64. The summed E-state index contributed by atoms with van der Waals surface area (Å²) >= 11 is 3.34. The van der Waals surface area contributed by atoms with Gasteiger partial charge < -0.3 is 15.1 Å². The quantitative estimate of drug-likeness (QED) is 0.862. The summed E-state index contributed by atoms with van der Waals surface area (Å²) in [6, 6.07) is 7.21. The van der Waals surface area contributed by atoms with Crippen LogP contribution in [0.15, 0.2) is 28.7 Å². The van der Waals surface area contributed by atoms with Crippen LogP contribution in [0.1, 0.15) is 23.7 Å². The Balaban J connectivity index is 1.72. The maximum absolute atomic E-state index is 12.1. The van der Waals surface area contributed by atoms with Crippen molar-refractivity contribution in [2.45, 2.75) is 13.3 Å². The average Bonchev–Trinajstić information content (AvgIpc) is 2.54. The summed E-state index contributed by atoms with van der Waals surface area (Å²) in [6.07, 6.45) is 0.353. The zero-order valence-corrected chi connectivity index (χ0v) is 14.4. The summed E-state index contributed by atoms with van der Waals surface area (Å²) in [7, 11) is 0. The van der Waals surface area contributed by atoms with E-state index in [2.05, 4.69) is 33.1 Å². The largest absolute Gasteiger partial charge is 0.352 e. The lowest BCUT2D eigenvalue weighted by molar-refractivity contribution is -0.132. The first-order valence-corrected chi connectivity index (χ1v) is 8.43. The minimum absolute atomic E-state index is 0.116. The van der Waals surface area contributed by atoms with Crippen LogP contribution in [0.2, 0.25) is 0 Å². The Labute approximate surface area is 139 Å². The number of hydrogen-bond donors (Lipinski definition) is 1. The molecule has 1 aromatic rings. The Morgan fingerprint density at radius 3 is 2.59 bits per heavy atom. The predicted octanol–water partition coefficient (Wildman–Crippen LogP) is 1.73. The zero-order valence-electron chi connectivity index (χ0n) is 12.8. The van der Waals surface area contributed by atoms with Crippen molar-refractivity contribution in [2.75, 3.05) is 39.3 Å². The fraction of sp³-hybridized carbons (Fsp3) is 0.500. The van der Waals surface area contributed by atoms with Gasteiger partial charge in [0.2, 0.25) is 5.91 Å². The van der Waals surface area contributed by atoms with Crippen molar-refractivity contribution >= 4 is 27.7 Å². The number of halogens is 1. The number of carbonyl (C=O) groups is 2. The Kier molecular flexibility index (Phi) is 6.39. The van der Waals surface area contributed by atoms with Crippen LogP contribution in [0.3, 0.4) is 0 Å². The van der Waals surface area contributed by atoms with Gasteiger partial charge in [-0.1, -0.05) is 28.9 Å². The van der Waals surface area contributed by atoms with Gasteiger partial charge in [0.15, 0.2) is 0 Å². The molecule has 1 aromatic carbocycles. The molecule has 0 saturated carbocycles. The topological polar surface area (TPSA) is 52.6 Å². The first-order chi connectivity index (χ1) is 10.6. The number of benzene rings is 1. The minimum atomic E-state index is -0.148. The molecule has 0 aliphatic carbocycles. The Morgan fingerprint density at radius 2 is 1.95 bits per heavy atom. The molecular formula is C16H22BrN3O2. The van der Waals surface area contributed by atoms with Gasteiger partial charge in [0.05, 0.1) is 0 Å². The molecule has 1 saturated heterocycles. The molecule has 22 heavy (non-hydrogen) atoms. The smallest absolute Gasteiger partial charge is 0.251 e. The van der Waals surface area contributed by atoms with Crippen LogP contribution in [0, 0.1) is 0 Å². The SMILES string of the molecule is CCN1CCN(C(=O)CCNC(=O)c2cccc(Br)c2)CC1. The predicted molar refractivity (Wildman–Crippen MR) is 89.8 cm³/mol. The van der Waals surface area contributed by atoms with Crippen molar-refractivity contribution in [3.63, 3.8) is 0 Å². The molecule has 1 fully saturated rings. The summed E-state index contributed by atoms with van der Waals surface area (Å²) in [4.78, 5) is 28.3. The van der Waals surface area contributed by atoms with Crippen LogP contribution in [0.25, 0.3) is 0 Å². The normalized spacial score (nSPS) is 15.6. The van der Waals surface area contributed by atoms with Gasteiger partial charge in [-0.2, -0.15) is 0 Å². The van der Waals surface area contributed by atoms with Crippen molar-refractivity contribution in [3.05, 3.63) is 34.3 Å². The van der Waals surface area contributed by atoms with Gasteiger partial charge in [0, 0.05) is 49.2 Å². The third-order valence-electron chi connectivity index (χ3n) is 3.88. The van der Waals surface area contributed by atoms with Crippen LogP contribution in [0.5, 0.6) is 0 Å². The van der Waals surface area contributed by atoms with Crippen LogP contribution in [0.4, 0.5) is 0 Å². The van der Waals surface area contributed by atoms with E-state index < -0.39 is 0 Å². The second-order valence-corrected chi connectivity index (χ2v) is 6.25. The maximum Gasteiger partial charge on any atom is 0.251 e. The summed E-state index contributed by atoms with van der Waals surface area (Å²) in [5.41, 5.74) is 0.596. The van der Waals surface area contributed by atoms with Gasteiger partial charge in [0.25, 0.3) is 5.91 Å². The number of rotatable bonds is 5. The fourth-order valence-electron chi connectivity index (χ4n) is 2.49. The summed E-state index contributed by atoms with van der Waals surface area (Å²) in [5.74, 6) is -0.0322. The molecule has 1 aliphatic heterocycles. The van der Waals surface area contributed by atoms with Gasteiger partial charge in [-0.3, -0.25) is 9.59 Å². The zero-order chi connectivity index (χ0) is 15.9. The van der Waals surface area contributed by atoms with Crippen molar-refractivity contribution in [2.24, 2.45) is 0 Å². The van der Waals surface area contributed by atoms with Crippen LogP contribution < -0.4 is 5.32 Å². The Morgan fingerprint density at radius 1 is 1.23 bits per heavy atom. The molecule has 0 unspecified atom stereocenters. The molecule has 6 heteroatoms. The highest BCUT2D eigenvalue weighted by molar-refractivity contribution is 9.10. The number of nitrogens with one attached hydrogen (secondary N) is 1. The summed E-state index contributed by atoms with van der Waals surface area (Å²) < 4.78 is 0.866. The van der Waals surface area contributed by atoms with Gasteiger partial charge in [0.1, 0.15) is 0 Å². The van der Waals surface area contributed by atoms with Crippen LogP contribution in [-0.2, 0) is 4.79 Å². The second-order valence-electron chi connectivity index (χ2n) is 5.33. The lowest BCUT2D eigenvalue weighted by atomic mass is 10.2. The van der Waals surface area contributed by atoms with E-state index in [0.29, 0.717) is 18.5 Å². The van der Waals surface area contributed by atoms with E-state index in [0.717, 1.165) is 37.2 Å². The highest BCUT2D eigenvalue weighted by Crippen LogP contribution is 2.11. The first kappa shape index (κ1) is 17.0. The molecule has 5 nitrogen and oxygen atoms in total. The van der Waals surface area contributed by atoms with E-state index >= 15 is 0 Å². The highest BCUT2D eigenvalue weighted by atomic mass is 79.9. The van der Waals surface area contributed by atoms with E-state index in [4.69, 9.17) is 0 Å². The number of amides is 2. The van der Waals surface area contributed by atoms with Crippen molar-refractivity contribution in [3.8, 4) is 0 Å². The average molecular weight is 368 g/mol. The molecular weight excluding hydrogens is 346 g/mol. The fourth-order valence-corrected chi connectivity index (χ4v) is 2.89. The number of piperazine rings is 1. The van der Waals surface area contributed by atoms with Crippen molar-refractivity contribution in [1.29, 1.82) is 0 Å². The molecule has 2 rings (SSSR count). The van der Waals surface area contributed by atoms with Crippen molar-refractivity contribution in [1.82, 2.24) is 15.1 Å². The number of likely N-dealkylation sites (N-methyl/N-ethyl adjacent to an activating group) is 1. The molecule has 0 aromatic heterocycles. The van der Waals surface area contributed by atoms with E-state index in [9.17, 15) is 9.59 Å². The van der Waals surface area contributed by atoms with Crippen LogP contribution >= 0.6 is 15.9 Å². The standard InChI is InChI=1S/C16H22BrN3O2/c1-2-19-8-10-20(11-9-19)15(21)6-7-18-16(22)13-4-3-5-14(17)12-13/h3-5,12H,2,6-11H2,1H3,(H,18,22). The lowest BCUT2D eigenvalue weighted by Crippen LogP contribution is -2.49. The van der Waals surface area contributed by atoms with Gasteiger partial charge in [-0.05, 0) is 24.7 Å². The summed E-state index contributed by atoms with van der Waals surface area (Å²) in [6.45, 7) is 6.98. The van der Waals surface area contributed by atoms with E-state index in [1.54, 1.807) is 12.1 Å². The van der Waals surface area contributed by atoms with Crippen molar-refractivity contribution < 1.29 is 9.59 Å². The third-order valence-corrected chi connectivity index (χ3v) is 4.38. The number of nitrogens with zero attached hydrogens (tertiary/aromatic N) is 2. The van der Waals surface area contributed by atoms with Gasteiger partial charge >= 0.3 is 0 Å².